The highest BCUT2D eigenvalue weighted by molar-refractivity contribution is 7.98. The molecule has 2 aromatic heterocycles. The minimum atomic E-state index is -4.49. The number of thioether (sulfide) groups is 1. The van der Waals surface area contributed by atoms with Crippen LogP contribution in [0.5, 0.6) is 0 Å². The summed E-state index contributed by atoms with van der Waals surface area (Å²) in [4.78, 5) is 35.2. The van der Waals surface area contributed by atoms with Gasteiger partial charge in [0, 0.05) is 16.7 Å². The van der Waals surface area contributed by atoms with Crippen LogP contribution < -0.4 is 5.32 Å². The Bertz CT molecular complexity index is 1230. The lowest BCUT2D eigenvalue weighted by molar-refractivity contribution is -0.137. The molecule has 34 heavy (non-hydrogen) atoms. The molecule has 0 spiro atoms. The van der Waals surface area contributed by atoms with Crippen LogP contribution in [0.4, 0.5) is 19.0 Å². The molecule has 1 aliphatic carbocycles. The Labute approximate surface area is 199 Å². The van der Waals surface area contributed by atoms with Gasteiger partial charge in [-0.3, -0.25) is 14.6 Å². The van der Waals surface area contributed by atoms with Gasteiger partial charge in [-0.15, -0.1) is 11.8 Å². The van der Waals surface area contributed by atoms with Crippen LogP contribution in [0.15, 0.2) is 59.6 Å². The number of aryl methyl sites for hydroxylation is 1. The zero-order chi connectivity index (χ0) is 24.5. The van der Waals surface area contributed by atoms with E-state index < -0.39 is 17.2 Å². The average molecular weight is 486 g/mol. The number of benzene rings is 1. The van der Waals surface area contributed by atoms with E-state index in [0.717, 1.165) is 22.7 Å². The Morgan fingerprint density at radius 2 is 1.85 bits per heavy atom. The van der Waals surface area contributed by atoms with Crippen molar-refractivity contribution in [1.29, 1.82) is 0 Å². The first-order valence-electron chi connectivity index (χ1n) is 10.6. The first-order valence-corrected chi connectivity index (χ1v) is 11.8. The molecule has 0 bridgehead atoms. The minimum Gasteiger partial charge on any atom is -0.310 e. The first kappa shape index (κ1) is 23.9. The smallest absolute Gasteiger partial charge is 0.310 e. The lowest BCUT2D eigenvalue weighted by atomic mass is 9.71. The van der Waals surface area contributed by atoms with Crippen molar-refractivity contribution >= 4 is 29.3 Å². The van der Waals surface area contributed by atoms with Crippen LogP contribution in [-0.2, 0) is 29.2 Å². The van der Waals surface area contributed by atoms with Gasteiger partial charge in [-0.25, -0.2) is 4.98 Å². The van der Waals surface area contributed by atoms with E-state index in [2.05, 4.69) is 15.3 Å². The Balaban J connectivity index is 1.48. The Morgan fingerprint density at radius 1 is 1.12 bits per heavy atom. The van der Waals surface area contributed by atoms with Crippen molar-refractivity contribution in [2.75, 3.05) is 11.6 Å². The minimum absolute atomic E-state index is 0.198. The van der Waals surface area contributed by atoms with Gasteiger partial charge in [-0.2, -0.15) is 13.2 Å². The highest BCUT2D eigenvalue weighted by Crippen LogP contribution is 2.38. The van der Waals surface area contributed by atoms with Crippen LogP contribution in [-0.4, -0.2) is 27.9 Å². The zero-order valence-corrected chi connectivity index (χ0v) is 19.4. The highest BCUT2D eigenvalue weighted by Gasteiger charge is 2.42. The van der Waals surface area contributed by atoms with Crippen LogP contribution in [0.3, 0.4) is 0 Å². The maximum atomic E-state index is 13.3. The normalized spacial score (nSPS) is 17.9. The molecule has 0 radical (unpaired) electrons. The van der Waals surface area contributed by atoms with Crippen LogP contribution in [0, 0.1) is 0 Å². The second-order valence-electron chi connectivity index (χ2n) is 8.35. The molecule has 1 aromatic carbocycles. The van der Waals surface area contributed by atoms with E-state index >= 15 is 0 Å². The number of hydrogen-bond acceptors (Lipinski definition) is 5. The summed E-state index contributed by atoms with van der Waals surface area (Å²) in [5.74, 6) is -0.112. The van der Waals surface area contributed by atoms with Crippen LogP contribution in [0.2, 0.25) is 0 Å². The van der Waals surface area contributed by atoms with Gasteiger partial charge in [0.25, 0.3) is 0 Å². The monoisotopic (exact) mass is 485 g/mol. The van der Waals surface area contributed by atoms with Crippen molar-refractivity contribution in [3.8, 4) is 0 Å². The van der Waals surface area contributed by atoms with Crippen LogP contribution in [0.25, 0.3) is 0 Å². The lowest BCUT2D eigenvalue weighted by Crippen LogP contribution is -2.38. The standard InChI is InChI=1S/C25H22F3N3O2S/c1-24(20-9-5-16(14-29-20)25(26,27)28)12-11-19-18(23(24)33)8-10-21(30-19)31-22(32)13-15-3-6-17(34-2)7-4-15/h3-10,14H,11-13H2,1-2H3,(H,30,31,32). The predicted octanol–water partition coefficient (Wildman–Crippen LogP) is 5.49. The zero-order valence-electron chi connectivity index (χ0n) is 18.6. The van der Waals surface area contributed by atoms with Crippen LogP contribution in [0.1, 0.15) is 46.2 Å². The van der Waals surface area contributed by atoms with E-state index in [-0.39, 0.29) is 18.1 Å². The van der Waals surface area contributed by atoms with Crippen molar-refractivity contribution < 1.29 is 22.8 Å². The van der Waals surface area contributed by atoms with Crippen molar-refractivity contribution in [1.82, 2.24) is 9.97 Å². The van der Waals surface area contributed by atoms with Gasteiger partial charge in [0.15, 0.2) is 5.78 Å². The number of amides is 1. The summed E-state index contributed by atoms with van der Waals surface area (Å²) < 4.78 is 38.6. The van der Waals surface area contributed by atoms with Gasteiger partial charge in [0.05, 0.1) is 28.8 Å². The second kappa shape index (κ2) is 9.21. The number of alkyl halides is 3. The maximum Gasteiger partial charge on any atom is 0.417 e. The van der Waals surface area contributed by atoms with E-state index in [4.69, 9.17) is 0 Å². The lowest BCUT2D eigenvalue weighted by Gasteiger charge is -2.32. The molecule has 3 aromatic rings. The third-order valence-electron chi connectivity index (χ3n) is 6.03. The number of ketones is 1. The van der Waals surface area contributed by atoms with E-state index in [1.807, 2.05) is 30.5 Å². The van der Waals surface area contributed by atoms with Crippen LogP contribution >= 0.6 is 11.8 Å². The SMILES string of the molecule is CSc1ccc(CC(=O)Nc2ccc3c(n2)CCC(C)(c2ccc(C(F)(F)F)cn2)C3=O)cc1. The van der Waals surface area contributed by atoms with Gasteiger partial charge in [0.1, 0.15) is 5.82 Å². The molecule has 0 fully saturated rings. The summed E-state index contributed by atoms with van der Waals surface area (Å²) in [6.45, 7) is 1.69. The number of anilines is 1. The fourth-order valence-electron chi connectivity index (χ4n) is 4.00. The average Bonchev–Trinajstić information content (AvgIpc) is 2.81. The number of carbonyl (C=O) groups is 2. The molecule has 0 aliphatic heterocycles. The van der Waals surface area contributed by atoms with Crippen molar-refractivity contribution in [2.45, 2.75) is 42.7 Å². The fourth-order valence-corrected chi connectivity index (χ4v) is 4.40. The van der Waals surface area contributed by atoms with Gasteiger partial charge < -0.3 is 5.32 Å². The number of pyridine rings is 2. The Kier molecular flexibility index (Phi) is 6.49. The number of Topliss-reactive ketones (excluding diaryl/α,β-unsaturated/α-hetero) is 1. The van der Waals surface area contributed by atoms with E-state index in [9.17, 15) is 22.8 Å². The second-order valence-corrected chi connectivity index (χ2v) is 9.23. The van der Waals surface area contributed by atoms with E-state index in [0.29, 0.717) is 35.6 Å². The van der Waals surface area contributed by atoms with Gasteiger partial charge >= 0.3 is 6.18 Å². The fraction of sp³-hybridized carbons (Fsp3) is 0.280. The van der Waals surface area contributed by atoms with Gasteiger partial charge in [-0.1, -0.05) is 12.1 Å². The molecular formula is C25H22F3N3O2S. The summed E-state index contributed by atoms with van der Waals surface area (Å²) in [5.41, 5.74) is 0.208. The molecule has 1 N–H and O–H groups in total. The number of hydrogen-bond donors (Lipinski definition) is 1. The first-order chi connectivity index (χ1) is 16.1. The van der Waals surface area contributed by atoms with Crippen molar-refractivity contribution in [3.63, 3.8) is 0 Å². The third-order valence-corrected chi connectivity index (χ3v) is 6.77. The predicted molar refractivity (Wildman–Crippen MR) is 124 cm³/mol. The number of rotatable bonds is 5. The summed E-state index contributed by atoms with van der Waals surface area (Å²) in [7, 11) is 0. The third kappa shape index (κ3) is 4.84. The number of fused-ring (bicyclic) bond motifs is 1. The Hall–Kier alpha value is -3.20. The molecule has 0 saturated heterocycles. The largest absolute Gasteiger partial charge is 0.417 e. The molecule has 2 heterocycles. The number of halogens is 3. The van der Waals surface area contributed by atoms with Gasteiger partial charge in [-0.05, 0) is 68.0 Å². The molecule has 5 nitrogen and oxygen atoms in total. The summed E-state index contributed by atoms with van der Waals surface area (Å²) in [6.07, 6.45) is -0.766. The number of nitrogens with one attached hydrogen (secondary N) is 1. The van der Waals surface area contributed by atoms with Crippen molar-refractivity contribution in [3.05, 3.63) is 82.8 Å². The van der Waals surface area contributed by atoms with Gasteiger partial charge in [0.2, 0.25) is 5.91 Å². The number of nitrogens with zero attached hydrogens (tertiary/aromatic N) is 2. The quantitative estimate of drug-likeness (QED) is 0.484. The molecule has 1 atom stereocenters. The van der Waals surface area contributed by atoms with Crippen molar-refractivity contribution in [2.24, 2.45) is 0 Å². The molecule has 176 valence electrons. The van der Waals surface area contributed by atoms with E-state index in [1.54, 1.807) is 30.8 Å². The Morgan fingerprint density at radius 3 is 2.47 bits per heavy atom. The summed E-state index contributed by atoms with van der Waals surface area (Å²) in [5, 5.41) is 2.77. The molecule has 1 aliphatic rings. The maximum absolute atomic E-state index is 13.3. The molecule has 1 unspecified atom stereocenters. The van der Waals surface area contributed by atoms with E-state index in [1.165, 1.54) is 6.07 Å². The highest BCUT2D eigenvalue weighted by atomic mass is 32.2. The number of aromatic nitrogens is 2. The molecule has 4 rings (SSSR count). The molecular weight excluding hydrogens is 463 g/mol. The summed E-state index contributed by atoms with van der Waals surface area (Å²) in [6, 6.07) is 13.1. The molecule has 9 heteroatoms. The summed E-state index contributed by atoms with van der Waals surface area (Å²) >= 11 is 1.62. The topological polar surface area (TPSA) is 72.0 Å². The molecule has 0 saturated carbocycles. The number of carbonyl (C=O) groups excluding carboxylic acids is 2. The molecule has 1 amide bonds.